The Morgan fingerprint density at radius 2 is 2.00 bits per heavy atom. The summed E-state index contributed by atoms with van der Waals surface area (Å²) in [6.45, 7) is 10.4. The molecule has 0 unspecified atom stereocenters. The van der Waals surface area contributed by atoms with Crippen molar-refractivity contribution in [2.45, 2.75) is 59.2 Å². The van der Waals surface area contributed by atoms with Gasteiger partial charge in [0.2, 0.25) is 0 Å². The largest absolute Gasteiger partial charge is 0.444 e. The van der Waals surface area contributed by atoms with Gasteiger partial charge < -0.3 is 9.64 Å². The first-order valence-corrected chi connectivity index (χ1v) is 6.99. The normalized spacial score (nSPS) is 15.4. The van der Waals surface area contributed by atoms with Gasteiger partial charge in [0.25, 0.3) is 5.56 Å². The molecule has 1 amide bonds. The van der Waals surface area contributed by atoms with Crippen molar-refractivity contribution in [3.8, 4) is 0 Å². The summed E-state index contributed by atoms with van der Waals surface area (Å²) in [5, 5.41) is 3.10. The van der Waals surface area contributed by atoms with Crippen LogP contribution in [0.5, 0.6) is 0 Å². The third-order valence-electron chi connectivity index (χ3n) is 3.25. The van der Waals surface area contributed by atoms with Crippen LogP contribution in [0.25, 0.3) is 0 Å². The first-order valence-electron chi connectivity index (χ1n) is 6.99. The summed E-state index contributed by atoms with van der Waals surface area (Å²) in [5.74, 6) is 0. The van der Waals surface area contributed by atoms with Gasteiger partial charge in [-0.25, -0.2) is 4.79 Å². The van der Waals surface area contributed by atoms with Gasteiger partial charge in [0.05, 0.1) is 12.2 Å². The van der Waals surface area contributed by atoms with Crippen molar-refractivity contribution in [3.63, 3.8) is 0 Å². The number of H-pyrrole nitrogens is 1. The molecule has 1 aromatic rings. The van der Waals surface area contributed by atoms with Crippen LogP contribution < -0.4 is 5.56 Å². The minimum Gasteiger partial charge on any atom is -0.444 e. The van der Waals surface area contributed by atoms with Gasteiger partial charge in [-0.2, -0.15) is 0 Å². The van der Waals surface area contributed by atoms with E-state index in [-0.39, 0.29) is 17.7 Å². The molecule has 20 heavy (non-hydrogen) atoms. The Bertz CT molecular complexity index is 563. The van der Waals surface area contributed by atoms with Crippen LogP contribution in [0.3, 0.4) is 0 Å². The van der Waals surface area contributed by atoms with E-state index in [1.165, 1.54) is 0 Å². The maximum atomic E-state index is 12.2. The van der Waals surface area contributed by atoms with Crippen LogP contribution in [-0.4, -0.2) is 32.9 Å². The number of aromatic amines is 1. The molecule has 0 spiro atoms. The molecule has 112 valence electrons. The lowest BCUT2D eigenvalue weighted by Gasteiger charge is -2.29. The third kappa shape index (κ3) is 2.89. The number of hydrogen-bond acceptors (Lipinski definition) is 3. The van der Waals surface area contributed by atoms with Crippen LogP contribution in [0.2, 0.25) is 0 Å². The average Bonchev–Trinajstić information content (AvgIpc) is 2.64. The average molecular weight is 281 g/mol. The monoisotopic (exact) mass is 281 g/mol. The number of fused-ring (bicyclic) bond motifs is 1. The standard InChI is InChI=1S/C14H23N3O3/c1-9(2)17-12(18)10-6-7-16(8-11(10)15-17)13(19)20-14(3,4)5/h9,15H,6-8H2,1-5H3. The fourth-order valence-corrected chi connectivity index (χ4v) is 2.29. The number of amides is 1. The molecule has 0 fully saturated rings. The molecule has 1 aromatic heterocycles. The molecule has 1 aliphatic rings. The number of carbonyl (C=O) groups is 1. The molecule has 0 aliphatic carbocycles. The van der Waals surface area contributed by atoms with Crippen LogP contribution in [0, 0.1) is 0 Å². The SMILES string of the molecule is CC(C)n1[nH]c2c(c1=O)CCN(C(=O)OC(C)(C)C)C2. The molecule has 0 saturated heterocycles. The lowest BCUT2D eigenvalue weighted by Crippen LogP contribution is -2.40. The molecule has 1 aliphatic heterocycles. The van der Waals surface area contributed by atoms with E-state index in [0.717, 1.165) is 11.3 Å². The van der Waals surface area contributed by atoms with Crippen LogP contribution in [0.15, 0.2) is 4.79 Å². The molecule has 0 bridgehead atoms. The summed E-state index contributed by atoms with van der Waals surface area (Å²) in [6.07, 6.45) is 0.241. The quantitative estimate of drug-likeness (QED) is 0.856. The summed E-state index contributed by atoms with van der Waals surface area (Å²) in [6, 6.07) is 0.0862. The Labute approximate surface area is 118 Å². The molecule has 6 heteroatoms. The summed E-state index contributed by atoms with van der Waals surface area (Å²) in [4.78, 5) is 25.8. The molecule has 0 radical (unpaired) electrons. The fourth-order valence-electron chi connectivity index (χ4n) is 2.29. The highest BCUT2D eigenvalue weighted by atomic mass is 16.6. The second-order valence-electron chi connectivity index (χ2n) is 6.49. The van der Waals surface area contributed by atoms with Crippen molar-refractivity contribution in [1.82, 2.24) is 14.7 Å². The van der Waals surface area contributed by atoms with Gasteiger partial charge in [-0.15, -0.1) is 0 Å². The van der Waals surface area contributed by atoms with Crippen LogP contribution >= 0.6 is 0 Å². The Balaban J connectivity index is 2.17. The van der Waals surface area contributed by atoms with Crippen molar-refractivity contribution >= 4 is 6.09 Å². The number of aromatic nitrogens is 2. The van der Waals surface area contributed by atoms with Gasteiger partial charge in [0.1, 0.15) is 5.60 Å². The van der Waals surface area contributed by atoms with Crippen molar-refractivity contribution in [1.29, 1.82) is 0 Å². The Morgan fingerprint density at radius 1 is 1.35 bits per heavy atom. The van der Waals surface area contributed by atoms with Gasteiger partial charge in [0.15, 0.2) is 0 Å². The minimum absolute atomic E-state index is 0.0267. The summed E-state index contributed by atoms with van der Waals surface area (Å²) in [7, 11) is 0. The summed E-state index contributed by atoms with van der Waals surface area (Å²) >= 11 is 0. The first-order chi connectivity index (χ1) is 9.19. The fraction of sp³-hybridized carbons (Fsp3) is 0.714. The number of nitrogens with one attached hydrogen (secondary N) is 1. The Morgan fingerprint density at radius 3 is 2.55 bits per heavy atom. The molecule has 6 nitrogen and oxygen atoms in total. The number of carbonyl (C=O) groups excluding carboxylic acids is 1. The predicted molar refractivity (Wildman–Crippen MR) is 75.8 cm³/mol. The molecule has 0 atom stereocenters. The highest BCUT2D eigenvalue weighted by molar-refractivity contribution is 5.68. The molecule has 1 N–H and O–H groups in total. The zero-order valence-electron chi connectivity index (χ0n) is 12.8. The summed E-state index contributed by atoms with van der Waals surface area (Å²) < 4.78 is 6.98. The third-order valence-corrected chi connectivity index (χ3v) is 3.25. The zero-order valence-corrected chi connectivity index (χ0v) is 12.8. The Hall–Kier alpha value is -1.72. The molecular formula is C14H23N3O3. The Kier molecular flexibility index (Phi) is 3.67. The second-order valence-corrected chi connectivity index (χ2v) is 6.49. The summed E-state index contributed by atoms with van der Waals surface area (Å²) in [5.41, 5.74) is 1.13. The lowest BCUT2D eigenvalue weighted by atomic mass is 10.1. The minimum atomic E-state index is -0.505. The van der Waals surface area contributed by atoms with Gasteiger partial charge in [-0.05, 0) is 41.0 Å². The predicted octanol–water partition coefficient (Wildman–Crippen LogP) is 2.05. The molecule has 2 heterocycles. The number of nitrogens with zero attached hydrogens (tertiary/aromatic N) is 2. The van der Waals surface area contributed by atoms with E-state index >= 15 is 0 Å². The lowest BCUT2D eigenvalue weighted by molar-refractivity contribution is 0.0221. The number of rotatable bonds is 1. The molecule has 0 saturated carbocycles. The number of ether oxygens (including phenoxy) is 1. The van der Waals surface area contributed by atoms with E-state index in [9.17, 15) is 9.59 Å². The van der Waals surface area contributed by atoms with E-state index < -0.39 is 5.60 Å². The molecular weight excluding hydrogens is 258 g/mol. The van der Waals surface area contributed by atoms with Gasteiger partial charge in [-0.3, -0.25) is 14.6 Å². The van der Waals surface area contributed by atoms with E-state index in [2.05, 4.69) is 5.10 Å². The van der Waals surface area contributed by atoms with E-state index in [0.29, 0.717) is 19.5 Å². The van der Waals surface area contributed by atoms with Gasteiger partial charge in [-0.1, -0.05) is 0 Å². The maximum Gasteiger partial charge on any atom is 0.410 e. The van der Waals surface area contributed by atoms with Crippen molar-refractivity contribution < 1.29 is 9.53 Å². The van der Waals surface area contributed by atoms with E-state index in [1.54, 1.807) is 9.58 Å². The number of hydrogen-bond donors (Lipinski definition) is 1. The van der Waals surface area contributed by atoms with Crippen molar-refractivity contribution in [3.05, 3.63) is 21.6 Å². The zero-order chi connectivity index (χ0) is 15.1. The van der Waals surface area contributed by atoms with Crippen molar-refractivity contribution in [2.24, 2.45) is 0 Å². The molecule has 2 rings (SSSR count). The highest BCUT2D eigenvalue weighted by Gasteiger charge is 2.28. The maximum absolute atomic E-state index is 12.2. The van der Waals surface area contributed by atoms with Gasteiger partial charge in [0, 0.05) is 18.2 Å². The first kappa shape index (κ1) is 14.7. The van der Waals surface area contributed by atoms with E-state index in [4.69, 9.17) is 4.74 Å². The van der Waals surface area contributed by atoms with Gasteiger partial charge >= 0.3 is 6.09 Å². The van der Waals surface area contributed by atoms with Crippen LogP contribution in [0.1, 0.15) is 51.9 Å². The second kappa shape index (κ2) is 5.00. The van der Waals surface area contributed by atoms with Crippen LogP contribution in [0.4, 0.5) is 4.79 Å². The molecule has 0 aromatic carbocycles. The van der Waals surface area contributed by atoms with E-state index in [1.807, 2.05) is 34.6 Å². The highest BCUT2D eigenvalue weighted by Crippen LogP contribution is 2.18. The van der Waals surface area contributed by atoms with Crippen LogP contribution in [-0.2, 0) is 17.7 Å². The van der Waals surface area contributed by atoms with Crippen molar-refractivity contribution in [2.75, 3.05) is 6.54 Å². The topological polar surface area (TPSA) is 67.3 Å². The smallest absolute Gasteiger partial charge is 0.410 e.